The van der Waals surface area contributed by atoms with Crippen LogP contribution in [0, 0.1) is 5.82 Å². The summed E-state index contributed by atoms with van der Waals surface area (Å²) in [6, 6.07) is 12.3. The number of rotatable bonds is 11. The van der Waals surface area contributed by atoms with Gasteiger partial charge >= 0.3 is 5.97 Å². The zero-order valence-corrected chi connectivity index (χ0v) is 19.7. The highest BCUT2D eigenvalue weighted by molar-refractivity contribution is 6.30. The minimum Gasteiger partial charge on any atom is -0.490 e. The molecule has 3 rings (SSSR count). The number of carboxylic acids is 1. The number of likely N-dealkylation sites (tertiary alicyclic amines) is 1. The van der Waals surface area contributed by atoms with E-state index in [0.29, 0.717) is 23.9 Å². The van der Waals surface area contributed by atoms with Gasteiger partial charge in [0.15, 0.2) is 0 Å². The van der Waals surface area contributed by atoms with Crippen molar-refractivity contribution in [2.45, 2.75) is 50.8 Å². The fourth-order valence-corrected chi connectivity index (χ4v) is 4.04. The van der Waals surface area contributed by atoms with E-state index < -0.39 is 17.4 Å². The van der Waals surface area contributed by atoms with Crippen LogP contribution in [0.1, 0.15) is 37.3 Å². The van der Waals surface area contributed by atoms with E-state index in [1.165, 1.54) is 23.8 Å². The molecule has 1 atom stereocenters. The minimum atomic E-state index is -1.13. The summed E-state index contributed by atoms with van der Waals surface area (Å²) in [6.45, 7) is 4.91. The lowest BCUT2D eigenvalue weighted by Gasteiger charge is -2.34. The molecule has 1 aliphatic rings. The average Bonchev–Trinajstić information content (AvgIpc) is 2.78. The Balaban J connectivity index is 1.42. The maximum absolute atomic E-state index is 13.6. The second-order valence-electron chi connectivity index (χ2n) is 8.99. The highest BCUT2D eigenvalue weighted by Gasteiger charge is 2.26. The molecule has 2 aromatic carbocycles. The van der Waals surface area contributed by atoms with E-state index in [1.54, 1.807) is 6.92 Å². The van der Waals surface area contributed by atoms with Crippen molar-refractivity contribution < 1.29 is 24.1 Å². The van der Waals surface area contributed by atoms with Gasteiger partial charge in [-0.3, -0.25) is 9.69 Å². The monoisotopic (exact) mass is 478 g/mol. The zero-order chi connectivity index (χ0) is 23.8. The summed E-state index contributed by atoms with van der Waals surface area (Å²) in [5.41, 5.74) is 0.599. The molecule has 2 aromatic rings. The summed E-state index contributed by atoms with van der Waals surface area (Å²) in [5.74, 6) is -1.01. The third kappa shape index (κ3) is 8.59. The van der Waals surface area contributed by atoms with E-state index in [9.17, 15) is 14.3 Å². The molecule has 0 aliphatic carbocycles. The Morgan fingerprint density at radius 1 is 1.24 bits per heavy atom. The van der Waals surface area contributed by atoms with Crippen LogP contribution < -0.4 is 10.1 Å². The average molecular weight is 479 g/mol. The number of nitrogens with one attached hydrogen (secondary N) is 1. The highest BCUT2D eigenvalue weighted by atomic mass is 35.5. The van der Waals surface area contributed by atoms with Gasteiger partial charge in [0.05, 0.1) is 0 Å². The fraction of sp³-hybridized carbons (Fsp3) is 0.480. The third-order valence-electron chi connectivity index (χ3n) is 5.85. The second-order valence-corrected chi connectivity index (χ2v) is 9.43. The SMILES string of the molecule is C[C@](O)(CNC1CCN(Cc2ccc(Cl)cc2)CC1)COc1ccc(F)cc1CCC(=O)O. The molecule has 1 saturated heterocycles. The van der Waals surface area contributed by atoms with Gasteiger partial charge in [0.1, 0.15) is 23.8 Å². The zero-order valence-electron chi connectivity index (χ0n) is 18.9. The van der Waals surface area contributed by atoms with E-state index in [-0.39, 0.29) is 19.4 Å². The van der Waals surface area contributed by atoms with Crippen LogP contribution in [0.2, 0.25) is 5.02 Å². The van der Waals surface area contributed by atoms with E-state index in [4.69, 9.17) is 21.4 Å². The van der Waals surface area contributed by atoms with Crippen molar-refractivity contribution in [3.05, 3.63) is 64.4 Å². The molecule has 0 amide bonds. The van der Waals surface area contributed by atoms with Gasteiger partial charge in [-0.05, 0) is 80.7 Å². The Kier molecular flexibility index (Phi) is 9.09. The van der Waals surface area contributed by atoms with Crippen LogP contribution in [-0.2, 0) is 17.8 Å². The lowest BCUT2D eigenvalue weighted by molar-refractivity contribution is -0.136. The minimum absolute atomic E-state index is 0.0150. The topological polar surface area (TPSA) is 82.0 Å². The van der Waals surface area contributed by atoms with Gasteiger partial charge in [0.25, 0.3) is 0 Å². The van der Waals surface area contributed by atoms with Crippen LogP contribution in [0.5, 0.6) is 5.75 Å². The summed E-state index contributed by atoms with van der Waals surface area (Å²) in [6.07, 6.45) is 2.02. The first-order valence-corrected chi connectivity index (χ1v) is 11.6. The quantitative estimate of drug-likeness (QED) is 0.454. The number of hydrogen-bond donors (Lipinski definition) is 3. The van der Waals surface area contributed by atoms with Gasteiger partial charge in [-0.1, -0.05) is 23.7 Å². The number of carbonyl (C=O) groups is 1. The van der Waals surface area contributed by atoms with Crippen LogP contribution in [0.3, 0.4) is 0 Å². The standard InChI is InChI=1S/C25H32ClFN2O4/c1-25(32,17-33-23-8-7-21(27)14-19(23)4-9-24(30)31)16-28-22-10-12-29(13-11-22)15-18-2-5-20(26)6-3-18/h2-3,5-8,14,22,28,32H,4,9-13,15-17H2,1H3,(H,30,31)/t25-/m0/s1. The lowest BCUT2D eigenvalue weighted by Crippen LogP contribution is -2.49. The fourth-order valence-electron chi connectivity index (χ4n) is 3.92. The largest absolute Gasteiger partial charge is 0.490 e. The van der Waals surface area contributed by atoms with Crippen molar-refractivity contribution in [2.75, 3.05) is 26.2 Å². The van der Waals surface area contributed by atoms with Crippen LogP contribution in [-0.4, -0.2) is 59.0 Å². The molecule has 0 aromatic heterocycles. The molecule has 3 N–H and O–H groups in total. The summed E-state index contributed by atoms with van der Waals surface area (Å²) < 4.78 is 19.3. The molecule has 180 valence electrons. The van der Waals surface area contributed by atoms with Gasteiger partial charge in [0, 0.05) is 30.6 Å². The number of carboxylic acid groups (broad SMARTS) is 1. The molecular formula is C25H32ClFN2O4. The predicted octanol–water partition coefficient (Wildman–Crippen LogP) is 3.88. The third-order valence-corrected chi connectivity index (χ3v) is 6.10. The Morgan fingerprint density at radius 3 is 2.61 bits per heavy atom. The summed E-state index contributed by atoms with van der Waals surface area (Å²) in [7, 11) is 0. The molecule has 8 heteroatoms. The molecule has 0 spiro atoms. The maximum atomic E-state index is 13.6. The Bertz CT molecular complexity index is 915. The first-order valence-electron chi connectivity index (χ1n) is 11.3. The van der Waals surface area contributed by atoms with E-state index >= 15 is 0 Å². The molecule has 1 heterocycles. The normalized spacial score (nSPS) is 17.0. The van der Waals surface area contributed by atoms with E-state index in [2.05, 4.69) is 22.3 Å². The van der Waals surface area contributed by atoms with Crippen molar-refractivity contribution in [3.8, 4) is 5.75 Å². The van der Waals surface area contributed by atoms with Gasteiger partial charge in [-0.25, -0.2) is 4.39 Å². The smallest absolute Gasteiger partial charge is 0.303 e. The number of aryl methyl sites for hydroxylation is 1. The summed E-state index contributed by atoms with van der Waals surface area (Å²) >= 11 is 5.95. The van der Waals surface area contributed by atoms with Crippen LogP contribution in [0.4, 0.5) is 4.39 Å². The number of hydrogen-bond acceptors (Lipinski definition) is 5. The molecule has 0 radical (unpaired) electrons. The van der Waals surface area contributed by atoms with Crippen LogP contribution in [0.25, 0.3) is 0 Å². The van der Waals surface area contributed by atoms with Gasteiger partial charge in [0.2, 0.25) is 0 Å². The molecule has 1 aliphatic heterocycles. The number of aliphatic hydroxyl groups is 1. The predicted molar refractivity (Wildman–Crippen MR) is 126 cm³/mol. The molecule has 6 nitrogen and oxygen atoms in total. The van der Waals surface area contributed by atoms with Crippen molar-refractivity contribution in [1.82, 2.24) is 10.2 Å². The summed E-state index contributed by atoms with van der Waals surface area (Å²) in [4.78, 5) is 13.3. The number of ether oxygens (including phenoxy) is 1. The number of piperidine rings is 1. The first kappa shape index (κ1) is 25.4. The molecule has 0 unspecified atom stereocenters. The lowest BCUT2D eigenvalue weighted by atomic mass is 10.0. The molecule has 33 heavy (non-hydrogen) atoms. The number of benzene rings is 2. The van der Waals surface area contributed by atoms with E-state index in [1.807, 2.05) is 12.1 Å². The van der Waals surface area contributed by atoms with Crippen molar-refractivity contribution >= 4 is 17.6 Å². The maximum Gasteiger partial charge on any atom is 0.303 e. The number of nitrogens with zero attached hydrogens (tertiary/aromatic N) is 1. The molecule has 1 fully saturated rings. The molecule has 0 saturated carbocycles. The van der Waals surface area contributed by atoms with Crippen molar-refractivity contribution in [3.63, 3.8) is 0 Å². The van der Waals surface area contributed by atoms with Gasteiger partial charge in [-0.15, -0.1) is 0 Å². The second kappa shape index (κ2) is 11.8. The first-order chi connectivity index (χ1) is 15.7. The molecular weight excluding hydrogens is 447 g/mol. The number of aliphatic carboxylic acids is 1. The Hall–Kier alpha value is -2.19. The highest BCUT2D eigenvalue weighted by Crippen LogP contribution is 2.23. The van der Waals surface area contributed by atoms with Crippen LogP contribution >= 0.6 is 11.6 Å². The number of halogens is 2. The van der Waals surface area contributed by atoms with Crippen molar-refractivity contribution in [1.29, 1.82) is 0 Å². The van der Waals surface area contributed by atoms with Crippen molar-refractivity contribution in [2.24, 2.45) is 0 Å². The van der Waals surface area contributed by atoms with E-state index in [0.717, 1.165) is 37.5 Å². The Labute approximate surface area is 199 Å². The van der Waals surface area contributed by atoms with Gasteiger partial charge < -0.3 is 20.3 Å². The molecule has 0 bridgehead atoms. The summed E-state index contributed by atoms with van der Waals surface area (Å²) in [5, 5.41) is 23.8. The van der Waals surface area contributed by atoms with Gasteiger partial charge in [-0.2, -0.15) is 0 Å². The Morgan fingerprint density at radius 2 is 1.94 bits per heavy atom. The van der Waals surface area contributed by atoms with Crippen LogP contribution in [0.15, 0.2) is 42.5 Å².